The number of piperidine rings is 3. The molecule has 0 aromatic carbocycles. The third-order valence-corrected chi connectivity index (χ3v) is 6.38. The molecule has 0 aliphatic carbocycles. The summed E-state index contributed by atoms with van der Waals surface area (Å²) in [6.07, 6.45) is 4.78. The summed E-state index contributed by atoms with van der Waals surface area (Å²) < 4.78 is 28.6. The zero-order chi connectivity index (χ0) is 17.8. The number of carbonyl (C=O) groups excluding carboxylic acids is 1. The van der Waals surface area contributed by atoms with Gasteiger partial charge in [0.1, 0.15) is 11.3 Å². The van der Waals surface area contributed by atoms with Crippen molar-refractivity contribution in [3.63, 3.8) is 0 Å². The number of hydrogen-bond acceptors (Lipinski definition) is 6. The zero-order valence-electron chi connectivity index (χ0n) is 14.2. The molecule has 0 spiro atoms. The quantitative estimate of drug-likeness (QED) is 0.887. The predicted octanol–water partition coefficient (Wildman–Crippen LogP) is 1.44. The highest BCUT2D eigenvalue weighted by atomic mass is 32.2. The molecule has 2 aromatic rings. The predicted molar refractivity (Wildman–Crippen MR) is 92.1 cm³/mol. The number of hydrogen-bond donors (Lipinski definition) is 1. The maximum absolute atomic E-state index is 12.6. The first-order valence-corrected chi connectivity index (χ1v) is 10.4. The molecule has 3 aliphatic rings. The van der Waals surface area contributed by atoms with Gasteiger partial charge in [-0.2, -0.15) is 0 Å². The van der Waals surface area contributed by atoms with E-state index in [1.807, 2.05) is 0 Å². The summed E-state index contributed by atoms with van der Waals surface area (Å²) in [7, 11) is -3.43. The van der Waals surface area contributed by atoms with Crippen LogP contribution in [0.25, 0.3) is 11.0 Å². The summed E-state index contributed by atoms with van der Waals surface area (Å²) in [5.74, 6) is 0.262. The van der Waals surface area contributed by atoms with Crippen molar-refractivity contribution in [1.82, 2.24) is 15.2 Å². The van der Waals surface area contributed by atoms with Crippen LogP contribution in [0.15, 0.2) is 27.8 Å². The highest BCUT2D eigenvalue weighted by Crippen LogP contribution is 2.32. The van der Waals surface area contributed by atoms with Crippen LogP contribution < -0.4 is 5.32 Å². The first-order chi connectivity index (χ1) is 11.8. The van der Waals surface area contributed by atoms with Crippen LogP contribution in [-0.2, 0) is 9.84 Å². The molecule has 2 aromatic heterocycles. The minimum atomic E-state index is -3.43. The molecule has 3 saturated heterocycles. The van der Waals surface area contributed by atoms with E-state index in [4.69, 9.17) is 4.42 Å². The largest absolute Gasteiger partial charge is 0.445 e. The van der Waals surface area contributed by atoms with Crippen molar-refractivity contribution < 1.29 is 17.6 Å². The van der Waals surface area contributed by atoms with Crippen LogP contribution in [0.5, 0.6) is 0 Å². The second-order valence-corrected chi connectivity index (χ2v) is 9.00. The molecular formula is C17H21N3O4S. The third-order valence-electron chi connectivity index (χ3n) is 5.45. The molecule has 134 valence electrons. The lowest BCUT2D eigenvalue weighted by Gasteiger charge is -2.49. The van der Waals surface area contributed by atoms with E-state index >= 15 is 0 Å². The number of rotatable bonds is 3. The maximum Gasteiger partial charge on any atom is 0.270 e. The standard InChI is InChI=1S/C17H21N3O4S/c1-10-16(11-3-5-20(10)6-4-11)19-17(21)13-8-14-12(9-18-13)7-15(24-14)25(2,22)23/h7-11,16H,3-6H2,1-2H3,(H,19,21). The fourth-order valence-electron chi connectivity index (χ4n) is 3.99. The molecule has 1 amide bonds. The number of amides is 1. The van der Waals surface area contributed by atoms with Crippen molar-refractivity contribution in [2.75, 3.05) is 19.3 Å². The molecule has 8 heteroatoms. The fraction of sp³-hybridized carbons (Fsp3) is 0.529. The van der Waals surface area contributed by atoms with Crippen LogP contribution in [0, 0.1) is 5.92 Å². The highest BCUT2D eigenvalue weighted by Gasteiger charge is 2.40. The Hall–Kier alpha value is -1.93. The molecule has 1 N–H and O–H groups in total. The first kappa shape index (κ1) is 16.5. The minimum absolute atomic E-state index is 0.118. The van der Waals surface area contributed by atoms with Gasteiger partial charge in [-0.1, -0.05) is 0 Å². The number of nitrogens with zero attached hydrogens (tertiary/aromatic N) is 2. The molecule has 5 heterocycles. The van der Waals surface area contributed by atoms with Crippen LogP contribution in [0.4, 0.5) is 0 Å². The Bertz CT molecular complexity index is 927. The molecule has 2 unspecified atom stereocenters. The van der Waals surface area contributed by atoms with Gasteiger partial charge >= 0.3 is 0 Å². The number of aromatic nitrogens is 1. The van der Waals surface area contributed by atoms with Crippen LogP contribution in [0.3, 0.4) is 0 Å². The lowest BCUT2D eigenvalue weighted by Crippen LogP contribution is -2.62. The topological polar surface area (TPSA) is 92.5 Å². The van der Waals surface area contributed by atoms with Crippen molar-refractivity contribution in [1.29, 1.82) is 0 Å². The van der Waals surface area contributed by atoms with Gasteiger partial charge in [-0.15, -0.1) is 0 Å². The summed E-state index contributed by atoms with van der Waals surface area (Å²) in [4.78, 5) is 19.2. The second kappa shape index (κ2) is 5.81. The van der Waals surface area contributed by atoms with Gasteiger partial charge in [0.15, 0.2) is 0 Å². The molecule has 3 aliphatic heterocycles. The van der Waals surface area contributed by atoms with E-state index in [-0.39, 0.29) is 22.7 Å². The van der Waals surface area contributed by atoms with E-state index in [1.54, 1.807) is 0 Å². The second-order valence-electron chi connectivity index (χ2n) is 7.06. The van der Waals surface area contributed by atoms with E-state index in [1.165, 1.54) is 18.3 Å². The van der Waals surface area contributed by atoms with Gasteiger partial charge in [-0.25, -0.2) is 8.42 Å². The van der Waals surface area contributed by atoms with E-state index in [2.05, 4.69) is 22.1 Å². The molecule has 2 bridgehead atoms. The van der Waals surface area contributed by atoms with E-state index in [0.29, 0.717) is 22.9 Å². The fourth-order valence-corrected chi connectivity index (χ4v) is 4.57. The number of carbonyl (C=O) groups is 1. The van der Waals surface area contributed by atoms with Gasteiger partial charge in [0.25, 0.3) is 5.91 Å². The Morgan fingerprint density at radius 2 is 2.04 bits per heavy atom. The van der Waals surface area contributed by atoms with Crippen molar-refractivity contribution in [2.45, 2.75) is 36.9 Å². The van der Waals surface area contributed by atoms with Crippen LogP contribution in [-0.4, -0.2) is 55.6 Å². The van der Waals surface area contributed by atoms with Crippen LogP contribution in [0.2, 0.25) is 0 Å². The minimum Gasteiger partial charge on any atom is -0.445 e. The molecule has 2 atom stereocenters. The first-order valence-electron chi connectivity index (χ1n) is 8.47. The Labute approximate surface area is 146 Å². The molecule has 25 heavy (non-hydrogen) atoms. The lowest BCUT2D eigenvalue weighted by atomic mass is 9.79. The molecule has 0 saturated carbocycles. The van der Waals surface area contributed by atoms with E-state index < -0.39 is 9.84 Å². The molecule has 7 nitrogen and oxygen atoms in total. The summed E-state index contributed by atoms with van der Waals surface area (Å²) in [6.45, 7) is 4.35. The number of sulfone groups is 1. The van der Waals surface area contributed by atoms with Gasteiger partial charge in [0.05, 0.1) is 0 Å². The summed E-state index contributed by atoms with van der Waals surface area (Å²) in [6, 6.07) is 3.37. The molecular weight excluding hydrogens is 342 g/mol. The molecule has 3 fully saturated rings. The van der Waals surface area contributed by atoms with Crippen LogP contribution in [0.1, 0.15) is 30.3 Å². The molecule has 5 rings (SSSR count). The van der Waals surface area contributed by atoms with Crippen molar-refractivity contribution in [2.24, 2.45) is 5.92 Å². The summed E-state index contributed by atoms with van der Waals surface area (Å²) in [5, 5.41) is 3.56. The smallest absolute Gasteiger partial charge is 0.270 e. The molecule has 0 radical (unpaired) electrons. The normalized spacial score (nSPS) is 29.0. The zero-order valence-corrected chi connectivity index (χ0v) is 15.0. The van der Waals surface area contributed by atoms with Crippen molar-refractivity contribution in [3.8, 4) is 0 Å². The number of furan rings is 1. The van der Waals surface area contributed by atoms with E-state index in [9.17, 15) is 13.2 Å². The Balaban J connectivity index is 1.58. The van der Waals surface area contributed by atoms with Gasteiger partial charge in [-0.05, 0) is 38.8 Å². The van der Waals surface area contributed by atoms with Gasteiger partial charge in [0.2, 0.25) is 14.9 Å². The average Bonchev–Trinajstić information content (AvgIpc) is 3.02. The average molecular weight is 363 g/mol. The number of fused-ring (bicyclic) bond motifs is 4. The van der Waals surface area contributed by atoms with Gasteiger partial charge < -0.3 is 9.73 Å². The summed E-state index contributed by atoms with van der Waals surface area (Å²) in [5.41, 5.74) is 0.591. The van der Waals surface area contributed by atoms with Crippen molar-refractivity contribution >= 4 is 26.7 Å². The van der Waals surface area contributed by atoms with E-state index in [0.717, 1.165) is 32.2 Å². The lowest BCUT2D eigenvalue weighted by molar-refractivity contribution is 0.0216. The Morgan fingerprint density at radius 3 is 2.68 bits per heavy atom. The monoisotopic (exact) mass is 363 g/mol. The number of pyridine rings is 1. The van der Waals surface area contributed by atoms with Gasteiger partial charge in [-0.3, -0.25) is 14.7 Å². The Kier molecular flexibility index (Phi) is 3.84. The Morgan fingerprint density at radius 1 is 1.32 bits per heavy atom. The van der Waals surface area contributed by atoms with Gasteiger partial charge in [0, 0.05) is 42.1 Å². The third kappa shape index (κ3) is 2.93. The SMILES string of the molecule is CC1C(NC(=O)c2cc3oc(S(C)(=O)=O)cc3cn2)C2CCN1CC2. The highest BCUT2D eigenvalue weighted by molar-refractivity contribution is 7.90. The van der Waals surface area contributed by atoms with Crippen molar-refractivity contribution in [3.05, 3.63) is 24.0 Å². The van der Waals surface area contributed by atoms with Crippen LogP contribution >= 0.6 is 0 Å². The number of nitrogens with one attached hydrogen (secondary N) is 1. The summed E-state index contributed by atoms with van der Waals surface area (Å²) >= 11 is 0. The maximum atomic E-state index is 12.6.